The van der Waals surface area contributed by atoms with Gasteiger partial charge in [0.1, 0.15) is 17.1 Å². The second-order valence-electron chi connectivity index (χ2n) is 6.98. The van der Waals surface area contributed by atoms with Crippen molar-refractivity contribution in [1.82, 2.24) is 10.7 Å². The molecule has 0 bridgehead atoms. The van der Waals surface area contributed by atoms with Crippen molar-refractivity contribution >= 4 is 58.6 Å². The molecular weight excluding hydrogens is 457 g/mol. The van der Waals surface area contributed by atoms with E-state index in [1.165, 1.54) is 24.3 Å². The highest BCUT2D eigenvalue weighted by Crippen LogP contribution is 2.30. The number of imide groups is 1. The van der Waals surface area contributed by atoms with Crippen molar-refractivity contribution in [1.29, 1.82) is 0 Å². The van der Waals surface area contributed by atoms with Crippen molar-refractivity contribution in [3.8, 4) is 11.3 Å². The van der Waals surface area contributed by atoms with Gasteiger partial charge < -0.3 is 4.42 Å². The zero-order valence-electron chi connectivity index (χ0n) is 15.9. The van der Waals surface area contributed by atoms with Crippen LogP contribution >= 0.6 is 23.2 Å². The first kappa shape index (κ1) is 20.0. The van der Waals surface area contributed by atoms with Gasteiger partial charge in [-0.3, -0.25) is 29.9 Å². The van der Waals surface area contributed by atoms with Crippen molar-refractivity contribution in [2.24, 2.45) is 0 Å². The molecule has 4 amide bonds. The molecular formula is C22H11Cl2N3O5. The third kappa shape index (κ3) is 3.26. The first-order chi connectivity index (χ1) is 15.3. The molecule has 32 heavy (non-hydrogen) atoms. The summed E-state index contributed by atoms with van der Waals surface area (Å²) in [6.45, 7) is 0. The molecule has 0 aliphatic carbocycles. The first-order valence-corrected chi connectivity index (χ1v) is 9.99. The summed E-state index contributed by atoms with van der Waals surface area (Å²) in [5.74, 6) is -1.45. The molecule has 3 heterocycles. The number of nitrogens with one attached hydrogen (secondary N) is 2. The lowest BCUT2D eigenvalue weighted by molar-refractivity contribution is -0.117. The predicted molar refractivity (Wildman–Crippen MR) is 116 cm³/mol. The summed E-state index contributed by atoms with van der Waals surface area (Å²) in [7, 11) is 0. The molecule has 1 saturated heterocycles. The first-order valence-electron chi connectivity index (χ1n) is 9.24. The normalized spacial score (nSPS) is 16.6. The van der Waals surface area contributed by atoms with Crippen LogP contribution in [0, 0.1) is 0 Å². The largest absolute Gasteiger partial charge is 0.457 e. The maximum atomic E-state index is 12.8. The van der Waals surface area contributed by atoms with E-state index in [1.54, 1.807) is 30.3 Å². The van der Waals surface area contributed by atoms with Crippen LogP contribution in [0.5, 0.6) is 0 Å². The zero-order valence-corrected chi connectivity index (χ0v) is 17.5. The van der Waals surface area contributed by atoms with Crippen molar-refractivity contribution in [3.05, 3.63) is 81.0 Å². The molecule has 8 nitrogen and oxygen atoms in total. The molecule has 5 rings (SSSR count). The number of hydrazine groups is 1. The Morgan fingerprint density at radius 1 is 0.812 bits per heavy atom. The Morgan fingerprint density at radius 3 is 2.38 bits per heavy atom. The smallest absolute Gasteiger partial charge is 0.282 e. The molecule has 2 N–H and O–H groups in total. The highest BCUT2D eigenvalue weighted by Gasteiger charge is 2.35. The molecule has 2 aliphatic heterocycles. The molecule has 1 aromatic heterocycles. The lowest BCUT2D eigenvalue weighted by Crippen LogP contribution is -2.35. The third-order valence-corrected chi connectivity index (χ3v) is 5.73. The lowest BCUT2D eigenvalue weighted by atomic mass is 10.0. The van der Waals surface area contributed by atoms with Crippen LogP contribution in [0.4, 0.5) is 5.69 Å². The zero-order chi connectivity index (χ0) is 22.6. The maximum Gasteiger partial charge on any atom is 0.282 e. The minimum absolute atomic E-state index is 0.129. The minimum Gasteiger partial charge on any atom is -0.457 e. The van der Waals surface area contributed by atoms with E-state index in [0.29, 0.717) is 27.6 Å². The topological polar surface area (TPSA) is 109 Å². The predicted octanol–water partition coefficient (Wildman–Crippen LogP) is 3.60. The summed E-state index contributed by atoms with van der Waals surface area (Å²) in [6, 6.07) is 12.5. The van der Waals surface area contributed by atoms with Gasteiger partial charge in [0.05, 0.1) is 26.9 Å². The Balaban J connectivity index is 1.43. The van der Waals surface area contributed by atoms with Crippen LogP contribution in [0.2, 0.25) is 10.0 Å². The average Bonchev–Trinajstić information content (AvgIpc) is 3.43. The Morgan fingerprint density at radius 2 is 1.59 bits per heavy atom. The maximum absolute atomic E-state index is 12.8. The quantitative estimate of drug-likeness (QED) is 0.347. The number of amides is 4. The standard InChI is InChI=1S/C22H11Cl2N3O5/c23-16-5-2-11(8-17(16)24)27-22(31)15(21(30)26-27)9-12-3-6-18(32-12)10-1-4-13-14(7-10)20(29)25-19(13)28/h1-9H,(H,26,30)(H,25,28,29). The fraction of sp³-hybridized carbons (Fsp3) is 0. The van der Waals surface area contributed by atoms with E-state index >= 15 is 0 Å². The molecule has 10 heteroatoms. The van der Waals surface area contributed by atoms with E-state index in [-0.39, 0.29) is 21.9 Å². The number of rotatable bonds is 3. The van der Waals surface area contributed by atoms with Gasteiger partial charge in [0.25, 0.3) is 23.6 Å². The van der Waals surface area contributed by atoms with Gasteiger partial charge in [-0.25, -0.2) is 5.01 Å². The molecule has 2 aliphatic rings. The van der Waals surface area contributed by atoms with E-state index in [2.05, 4.69) is 10.7 Å². The van der Waals surface area contributed by atoms with Gasteiger partial charge >= 0.3 is 0 Å². The van der Waals surface area contributed by atoms with Crippen molar-refractivity contribution in [2.45, 2.75) is 0 Å². The molecule has 0 saturated carbocycles. The summed E-state index contributed by atoms with van der Waals surface area (Å²) in [4.78, 5) is 48.7. The molecule has 3 aromatic rings. The summed E-state index contributed by atoms with van der Waals surface area (Å²) in [6.07, 6.45) is 1.32. The Hall–Kier alpha value is -3.88. The summed E-state index contributed by atoms with van der Waals surface area (Å²) >= 11 is 11.9. The second kappa shape index (κ2) is 7.37. The van der Waals surface area contributed by atoms with Gasteiger partial charge in [-0.1, -0.05) is 29.3 Å². The number of benzene rings is 2. The minimum atomic E-state index is -0.605. The summed E-state index contributed by atoms with van der Waals surface area (Å²) in [5.41, 5.74) is 3.81. The van der Waals surface area contributed by atoms with Gasteiger partial charge in [-0.2, -0.15) is 0 Å². The van der Waals surface area contributed by atoms with Crippen molar-refractivity contribution in [2.75, 3.05) is 5.01 Å². The van der Waals surface area contributed by atoms with E-state index < -0.39 is 23.6 Å². The van der Waals surface area contributed by atoms with Gasteiger partial charge in [0.15, 0.2) is 0 Å². The van der Waals surface area contributed by atoms with Gasteiger partial charge in [-0.15, -0.1) is 0 Å². The van der Waals surface area contributed by atoms with Crippen LogP contribution in [0.3, 0.4) is 0 Å². The molecule has 2 aromatic carbocycles. The lowest BCUT2D eigenvalue weighted by Gasteiger charge is -2.15. The van der Waals surface area contributed by atoms with E-state index in [0.717, 1.165) is 5.01 Å². The molecule has 158 valence electrons. The number of furan rings is 1. The Kier molecular flexibility index (Phi) is 4.61. The fourth-order valence-corrected chi connectivity index (χ4v) is 3.70. The monoisotopic (exact) mass is 467 g/mol. The van der Waals surface area contributed by atoms with Crippen molar-refractivity contribution in [3.63, 3.8) is 0 Å². The highest BCUT2D eigenvalue weighted by molar-refractivity contribution is 6.42. The van der Waals surface area contributed by atoms with Gasteiger partial charge in [-0.05, 0) is 48.5 Å². The average molecular weight is 468 g/mol. The summed E-state index contributed by atoms with van der Waals surface area (Å²) < 4.78 is 5.74. The Bertz CT molecular complexity index is 1390. The van der Waals surface area contributed by atoms with Crippen LogP contribution in [-0.2, 0) is 9.59 Å². The molecule has 0 unspecified atom stereocenters. The number of hydrogen-bond acceptors (Lipinski definition) is 5. The van der Waals surface area contributed by atoms with Gasteiger partial charge in [0, 0.05) is 5.56 Å². The molecule has 1 fully saturated rings. The number of hydrogen-bond donors (Lipinski definition) is 2. The number of carbonyl (C=O) groups excluding carboxylic acids is 4. The molecule has 0 spiro atoms. The van der Waals surface area contributed by atoms with E-state index in [9.17, 15) is 19.2 Å². The fourth-order valence-electron chi connectivity index (χ4n) is 3.41. The number of carbonyl (C=O) groups is 4. The SMILES string of the molecule is O=C1NN(c2ccc(Cl)c(Cl)c2)C(=O)C1=Cc1ccc(-c2ccc3c(c2)C(=O)NC3=O)o1. The highest BCUT2D eigenvalue weighted by atomic mass is 35.5. The van der Waals surface area contributed by atoms with Crippen LogP contribution in [0.15, 0.2) is 58.5 Å². The summed E-state index contributed by atoms with van der Waals surface area (Å²) in [5, 5.41) is 3.85. The number of halogens is 2. The third-order valence-electron chi connectivity index (χ3n) is 4.99. The molecule has 0 atom stereocenters. The van der Waals surface area contributed by atoms with Crippen molar-refractivity contribution < 1.29 is 23.6 Å². The molecule has 0 radical (unpaired) electrons. The Labute approximate surface area is 190 Å². The number of anilines is 1. The number of fused-ring (bicyclic) bond motifs is 1. The van der Waals surface area contributed by atoms with E-state index in [1.807, 2.05) is 0 Å². The second-order valence-corrected chi connectivity index (χ2v) is 7.80. The van der Waals surface area contributed by atoms with Crippen LogP contribution in [0.25, 0.3) is 17.4 Å². The van der Waals surface area contributed by atoms with Crippen LogP contribution in [0.1, 0.15) is 26.5 Å². The number of nitrogens with zero attached hydrogens (tertiary/aromatic N) is 1. The van der Waals surface area contributed by atoms with E-state index in [4.69, 9.17) is 27.6 Å². The van der Waals surface area contributed by atoms with Crippen LogP contribution in [-0.4, -0.2) is 23.6 Å². The van der Waals surface area contributed by atoms with Gasteiger partial charge in [0.2, 0.25) is 0 Å². The van der Waals surface area contributed by atoms with Crippen LogP contribution < -0.4 is 15.8 Å².